The van der Waals surface area contributed by atoms with Gasteiger partial charge in [-0.15, -0.1) is 0 Å². The molecule has 0 nitrogen and oxygen atoms in total. The summed E-state index contributed by atoms with van der Waals surface area (Å²) in [6.45, 7) is 35.3. The average Bonchev–Trinajstić information content (AvgIpc) is 1.59. The Labute approximate surface area is 912 Å². The van der Waals surface area contributed by atoms with Gasteiger partial charge in [0.05, 0.1) is 0 Å². The molecular weight excluding hydrogens is 1720 g/mol. The van der Waals surface area contributed by atoms with Crippen molar-refractivity contribution in [2.45, 2.75) is 868 Å². The molecule has 0 radical (unpaired) electrons. The van der Waals surface area contributed by atoms with Crippen molar-refractivity contribution in [1.82, 2.24) is 0 Å². The van der Waals surface area contributed by atoms with E-state index in [9.17, 15) is 0 Å². The van der Waals surface area contributed by atoms with Crippen molar-refractivity contribution in [3.8, 4) is 0 Å². The second-order valence-corrected chi connectivity index (χ2v) is 51.9. The molecule has 0 saturated heterocycles. The molecule has 0 aromatic heterocycles. The first-order valence-corrected chi connectivity index (χ1v) is 70.4. The van der Waals surface area contributed by atoms with E-state index >= 15 is 0 Å². The molecule has 4 fully saturated rings. The van der Waals surface area contributed by atoms with Crippen LogP contribution >= 0.6 is 0 Å². The lowest BCUT2D eigenvalue weighted by Crippen LogP contribution is -2.42. The summed E-state index contributed by atoms with van der Waals surface area (Å²) in [6, 6.07) is 0. The van der Waals surface area contributed by atoms with E-state index in [4.69, 9.17) is 0 Å². The summed E-state index contributed by atoms with van der Waals surface area (Å²) in [5, 5.41) is 0. The zero-order valence-electron chi connectivity index (χ0n) is 104. The molecule has 0 spiro atoms. The summed E-state index contributed by atoms with van der Waals surface area (Å²) in [5.41, 5.74) is 4.18. The Hall–Kier alpha value is 0. The van der Waals surface area contributed by atoms with Gasteiger partial charge >= 0.3 is 0 Å². The molecule has 858 valence electrons. The first-order valence-electron chi connectivity index (χ1n) is 70.4. The van der Waals surface area contributed by atoms with E-state index < -0.39 is 0 Å². The second kappa shape index (κ2) is 105. The van der Waals surface area contributed by atoms with Gasteiger partial charge in [-0.05, 0) is 198 Å². The Kier molecular flexibility index (Phi) is 104. The standard InChI is InChI=1S/C45H90.C37H74.C32H64.C29H58/c1-6-11-16-21-26-31-36-43-37-42-44(38-32-27-22-17-12-7-2,39-33-28-23-18-13-8-3)45(43,40-34-29-24-19-14-9-4)41-35-30-25-20-15-10-5;1-5-9-13-17-21-25-30-36(31-26-22-18-14-10-6-2)34-29-35-37(36,32-27-23-19-15-11-7-3)33-28-24-20-16-12-8-4;1-4-7-10-13-16-19-22-26-31-27-25-30-32(31,28-23-20-17-14-11-8-5-2)29-24-21-18-15-12-9-6-3;1-4-7-10-13-16-19-23-28-24-22-27-29(28,25-20-17-14-11-8-5-2)26-21-18-15-12-9-6-3/h43H,6-42H2,1-5H3;5-35H2,1-4H3;31H,4-30H2,1-3H3;28H,4-27H2,1-3H3. The topological polar surface area (TPSA) is 0 Å². The van der Waals surface area contributed by atoms with Crippen LogP contribution in [0, 0.1) is 50.2 Å². The third-order valence-corrected chi connectivity index (χ3v) is 40.0. The van der Waals surface area contributed by atoms with Gasteiger partial charge in [0.2, 0.25) is 0 Å². The minimum absolute atomic E-state index is 0.652. The fraction of sp³-hybridized carbons (Fsp3) is 1.00. The molecule has 0 aliphatic heterocycles. The molecule has 0 N–H and O–H groups in total. The Morgan fingerprint density at radius 1 is 0.119 bits per heavy atom. The van der Waals surface area contributed by atoms with Crippen molar-refractivity contribution in [1.29, 1.82) is 0 Å². The van der Waals surface area contributed by atoms with Crippen molar-refractivity contribution in [3.63, 3.8) is 0 Å². The van der Waals surface area contributed by atoms with E-state index in [1.807, 2.05) is 0 Å². The van der Waals surface area contributed by atoms with E-state index in [1.165, 1.54) is 616 Å². The lowest BCUT2D eigenvalue weighted by Gasteiger charge is -2.51. The molecule has 143 heavy (non-hydrogen) atoms. The Morgan fingerprint density at radius 2 is 0.273 bits per heavy atom. The number of hydrogen-bond donors (Lipinski definition) is 0. The average molecular weight is 2010 g/mol. The van der Waals surface area contributed by atoms with Gasteiger partial charge in [0, 0.05) is 0 Å². The molecule has 4 rings (SSSR count). The van der Waals surface area contributed by atoms with E-state index in [1.54, 1.807) is 148 Å². The molecule has 4 saturated carbocycles. The maximum atomic E-state index is 2.37. The zero-order chi connectivity index (χ0) is 104. The molecule has 0 heterocycles. The molecule has 0 bridgehead atoms. The fourth-order valence-electron chi connectivity index (χ4n) is 30.7. The summed E-state index contributed by atoms with van der Waals surface area (Å²) in [6.07, 6.45) is 177. The summed E-state index contributed by atoms with van der Waals surface area (Å²) >= 11 is 0. The van der Waals surface area contributed by atoms with E-state index in [0.29, 0.717) is 21.7 Å². The maximum Gasteiger partial charge on any atom is -0.0213 e. The third-order valence-electron chi connectivity index (χ3n) is 40.0. The molecule has 3 atom stereocenters. The highest BCUT2D eigenvalue weighted by atomic mass is 14.6. The van der Waals surface area contributed by atoms with Gasteiger partial charge in [0.25, 0.3) is 0 Å². The van der Waals surface area contributed by atoms with Crippen LogP contribution in [0.15, 0.2) is 0 Å². The predicted molar refractivity (Wildman–Crippen MR) is 660 cm³/mol. The molecule has 0 aromatic carbocycles. The van der Waals surface area contributed by atoms with E-state index in [-0.39, 0.29) is 0 Å². The summed E-state index contributed by atoms with van der Waals surface area (Å²) in [5.74, 6) is 3.16. The van der Waals surface area contributed by atoms with Crippen LogP contribution in [0.1, 0.15) is 868 Å². The highest BCUT2D eigenvalue weighted by molar-refractivity contribution is 5.08. The van der Waals surface area contributed by atoms with Gasteiger partial charge in [0.15, 0.2) is 0 Å². The van der Waals surface area contributed by atoms with Gasteiger partial charge in [0.1, 0.15) is 0 Å². The van der Waals surface area contributed by atoms with Crippen molar-refractivity contribution >= 4 is 0 Å². The van der Waals surface area contributed by atoms with Crippen molar-refractivity contribution in [2.24, 2.45) is 50.2 Å². The van der Waals surface area contributed by atoms with E-state index in [0.717, 1.165) is 28.6 Å². The van der Waals surface area contributed by atoms with Crippen molar-refractivity contribution in [2.75, 3.05) is 0 Å². The first kappa shape index (κ1) is 141. The van der Waals surface area contributed by atoms with Crippen LogP contribution in [0.5, 0.6) is 0 Å². The third kappa shape index (κ3) is 70.3. The van der Waals surface area contributed by atoms with Gasteiger partial charge < -0.3 is 0 Å². The van der Waals surface area contributed by atoms with Crippen LogP contribution in [0.25, 0.3) is 0 Å². The van der Waals surface area contributed by atoms with Crippen LogP contribution in [-0.2, 0) is 0 Å². The van der Waals surface area contributed by atoms with Gasteiger partial charge in [-0.3, -0.25) is 0 Å². The predicted octanol–water partition coefficient (Wildman–Crippen LogP) is 54.5. The molecule has 4 aliphatic rings. The second-order valence-electron chi connectivity index (χ2n) is 51.9. The van der Waals surface area contributed by atoms with Crippen LogP contribution in [0.2, 0.25) is 0 Å². The smallest absolute Gasteiger partial charge is 0.0213 e. The molecule has 3 unspecified atom stereocenters. The van der Waals surface area contributed by atoms with Crippen LogP contribution < -0.4 is 0 Å². The first-order chi connectivity index (χ1) is 70.4. The molecule has 0 aromatic rings. The zero-order valence-corrected chi connectivity index (χ0v) is 104. The summed E-state index contributed by atoms with van der Waals surface area (Å²) in [4.78, 5) is 0. The van der Waals surface area contributed by atoms with Crippen molar-refractivity contribution in [3.05, 3.63) is 0 Å². The number of unbranched alkanes of at least 4 members (excludes halogenated alkanes) is 78. The fourth-order valence-corrected chi connectivity index (χ4v) is 30.7. The van der Waals surface area contributed by atoms with Gasteiger partial charge in [-0.2, -0.15) is 0 Å². The molecule has 0 heteroatoms. The van der Waals surface area contributed by atoms with Crippen LogP contribution in [-0.4, -0.2) is 0 Å². The quantitative estimate of drug-likeness (QED) is 0.0533. The monoisotopic (exact) mass is 2000 g/mol. The lowest BCUT2D eigenvalue weighted by molar-refractivity contribution is -0.0152. The number of rotatable bonds is 108. The van der Waals surface area contributed by atoms with Crippen molar-refractivity contribution < 1.29 is 0 Å². The van der Waals surface area contributed by atoms with E-state index in [2.05, 4.69) is 104 Å². The van der Waals surface area contributed by atoms with Crippen LogP contribution in [0.4, 0.5) is 0 Å². The van der Waals surface area contributed by atoms with Crippen LogP contribution in [0.3, 0.4) is 0 Å². The highest BCUT2D eigenvalue weighted by Crippen LogP contribution is 2.68. The Bertz CT molecular complexity index is 2260. The summed E-state index contributed by atoms with van der Waals surface area (Å²) in [7, 11) is 0. The number of hydrogen-bond acceptors (Lipinski definition) is 0. The van der Waals surface area contributed by atoms with Gasteiger partial charge in [-0.25, -0.2) is 0 Å². The molecule has 0 amide bonds. The minimum Gasteiger partial charge on any atom is -0.0654 e. The highest BCUT2D eigenvalue weighted by Gasteiger charge is 2.58. The molecule has 4 aliphatic carbocycles. The molecular formula is C143H286. The normalized spacial score (nSPS) is 17.5. The lowest BCUT2D eigenvalue weighted by atomic mass is 9.53. The summed E-state index contributed by atoms with van der Waals surface area (Å²) < 4.78 is 0. The minimum atomic E-state index is 0.652. The largest absolute Gasteiger partial charge is 0.0654 e. The SMILES string of the molecule is CCCCCCCCC1(CCCCCCCC)CCCC1(CCCCCCCC)CCCCCCCC.CCCCCCCCC1CCC(CCCCCCCC)(CCCCCCCC)C1(CCCCCCCC)CCCCCCCC.CCCCCCCCC1CCCC1(CCCCCCCC)CCCCCCCC.CCCCCCCCCC1CCCC1(CCCCCCCCC)CCCCCCCCC. The Morgan fingerprint density at radius 3 is 0.469 bits per heavy atom. The Balaban J connectivity index is 0.000000966. The maximum absolute atomic E-state index is 2.37. The van der Waals surface area contributed by atoms with Gasteiger partial charge in [-0.1, -0.05) is 720 Å².